The predicted molar refractivity (Wildman–Crippen MR) is 84.6 cm³/mol. The molecule has 2 atom stereocenters. The Morgan fingerprint density at radius 3 is 2.86 bits per heavy atom. The summed E-state index contributed by atoms with van der Waals surface area (Å²) in [5.41, 5.74) is 1.50. The number of likely N-dealkylation sites (tertiary alicyclic amines) is 1. The highest BCUT2D eigenvalue weighted by atomic mass is 35.5. The summed E-state index contributed by atoms with van der Waals surface area (Å²) in [5, 5.41) is 0.102. The topological polar surface area (TPSA) is 21.1 Å². The number of hydrogen-bond acceptors (Lipinski definition) is 2. The normalized spacial score (nSPS) is 23.9. The van der Waals surface area contributed by atoms with Crippen LogP contribution in [0.25, 0.3) is 11.0 Å². The SMILES string of the molecule is CC1CN(C)CCC1n1c(CCl)nc2cc(Cl)c(F)cc21. The summed E-state index contributed by atoms with van der Waals surface area (Å²) in [6.07, 6.45) is 1.01. The molecule has 0 saturated carbocycles. The molecule has 3 rings (SSSR count). The van der Waals surface area contributed by atoms with Gasteiger partial charge >= 0.3 is 0 Å². The molecule has 21 heavy (non-hydrogen) atoms. The van der Waals surface area contributed by atoms with Crippen LogP contribution in [0.2, 0.25) is 5.02 Å². The number of imidazole rings is 1. The molecule has 2 aromatic rings. The minimum atomic E-state index is -0.410. The lowest BCUT2D eigenvalue weighted by molar-refractivity contribution is 0.160. The van der Waals surface area contributed by atoms with Gasteiger partial charge in [0.05, 0.1) is 21.9 Å². The second-order valence-corrected chi connectivity index (χ2v) is 6.56. The van der Waals surface area contributed by atoms with Gasteiger partial charge in [-0.15, -0.1) is 11.6 Å². The van der Waals surface area contributed by atoms with Crippen LogP contribution in [-0.2, 0) is 5.88 Å². The molecule has 0 N–H and O–H groups in total. The molecule has 1 aromatic carbocycles. The number of nitrogens with zero attached hydrogens (tertiary/aromatic N) is 3. The minimum absolute atomic E-state index is 0.102. The molecule has 0 spiro atoms. The standard InChI is InChI=1S/C15H18Cl2FN3/c1-9-8-20(2)4-3-13(9)21-14-6-11(18)10(17)5-12(14)19-15(21)7-16/h5-6,9,13H,3-4,7-8H2,1-2H3. The predicted octanol–water partition coefficient (Wildman–Crippen LogP) is 4.08. The van der Waals surface area contributed by atoms with E-state index >= 15 is 0 Å². The van der Waals surface area contributed by atoms with Gasteiger partial charge in [0.1, 0.15) is 11.6 Å². The van der Waals surface area contributed by atoms with Gasteiger partial charge in [0, 0.05) is 18.7 Å². The van der Waals surface area contributed by atoms with Crippen molar-refractivity contribution in [2.24, 2.45) is 5.92 Å². The maximum absolute atomic E-state index is 13.9. The molecule has 2 heterocycles. The summed E-state index contributed by atoms with van der Waals surface area (Å²) < 4.78 is 16.0. The maximum atomic E-state index is 13.9. The van der Waals surface area contributed by atoms with Crippen molar-refractivity contribution in [3.63, 3.8) is 0 Å². The molecule has 6 heteroatoms. The largest absolute Gasteiger partial charge is 0.323 e. The second kappa shape index (κ2) is 5.75. The van der Waals surface area contributed by atoms with Gasteiger partial charge in [-0.05, 0) is 32.0 Å². The van der Waals surface area contributed by atoms with E-state index in [1.165, 1.54) is 6.07 Å². The van der Waals surface area contributed by atoms with Crippen LogP contribution < -0.4 is 0 Å². The van der Waals surface area contributed by atoms with E-state index in [2.05, 4.69) is 28.4 Å². The van der Waals surface area contributed by atoms with Gasteiger partial charge in [-0.25, -0.2) is 9.37 Å². The van der Waals surface area contributed by atoms with Crippen LogP contribution in [0.5, 0.6) is 0 Å². The number of alkyl halides is 1. The third-order valence-corrected chi connectivity index (χ3v) is 4.85. The van der Waals surface area contributed by atoms with E-state index in [1.54, 1.807) is 6.07 Å². The van der Waals surface area contributed by atoms with Crippen molar-refractivity contribution in [2.45, 2.75) is 25.3 Å². The van der Waals surface area contributed by atoms with Crippen molar-refractivity contribution in [3.8, 4) is 0 Å². The van der Waals surface area contributed by atoms with E-state index in [-0.39, 0.29) is 5.02 Å². The Kier molecular flexibility index (Phi) is 4.12. The highest BCUT2D eigenvalue weighted by molar-refractivity contribution is 6.31. The first kappa shape index (κ1) is 15.1. The first-order valence-electron chi connectivity index (χ1n) is 7.11. The van der Waals surface area contributed by atoms with Crippen molar-refractivity contribution in [3.05, 3.63) is 28.8 Å². The summed E-state index contributed by atoms with van der Waals surface area (Å²) in [7, 11) is 2.13. The molecule has 3 nitrogen and oxygen atoms in total. The van der Waals surface area contributed by atoms with Crippen molar-refractivity contribution < 1.29 is 4.39 Å². The van der Waals surface area contributed by atoms with Crippen LogP contribution in [-0.4, -0.2) is 34.6 Å². The molecule has 1 aliphatic heterocycles. The molecule has 0 amide bonds. The average Bonchev–Trinajstić information content (AvgIpc) is 2.77. The molecule has 1 fully saturated rings. The quantitative estimate of drug-likeness (QED) is 0.774. The van der Waals surface area contributed by atoms with E-state index in [4.69, 9.17) is 23.2 Å². The zero-order valence-electron chi connectivity index (χ0n) is 12.1. The lowest BCUT2D eigenvalue weighted by atomic mass is 9.93. The van der Waals surface area contributed by atoms with Gasteiger partial charge in [-0.3, -0.25) is 0 Å². The summed E-state index contributed by atoms with van der Waals surface area (Å²) >= 11 is 11.9. The van der Waals surface area contributed by atoms with Crippen LogP contribution in [0.15, 0.2) is 12.1 Å². The number of aromatic nitrogens is 2. The molecule has 1 aliphatic rings. The molecular weight excluding hydrogens is 312 g/mol. The molecule has 0 radical (unpaired) electrons. The van der Waals surface area contributed by atoms with Crippen molar-refractivity contribution in [2.75, 3.05) is 20.1 Å². The molecular formula is C15H18Cl2FN3. The maximum Gasteiger partial charge on any atom is 0.144 e. The second-order valence-electron chi connectivity index (χ2n) is 5.88. The van der Waals surface area contributed by atoms with Gasteiger partial charge in [0.25, 0.3) is 0 Å². The van der Waals surface area contributed by atoms with Crippen LogP contribution in [0.1, 0.15) is 25.2 Å². The number of halogens is 3. The third-order valence-electron chi connectivity index (χ3n) is 4.32. The zero-order chi connectivity index (χ0) is 15.1. The number of benzene rings is 1. The van der Waals surface area contributed by atoms with Gasteiger partial charge in [-0.2, -0.15) is 0 Å². The molecule has 0 bridgehead atoms. The van der Waals surface area contributed by atoms with Gasteiger partial charge in [0.15, 0.2) is 0 Å². The summed E-state index contributed by atoms with van der Waals surface area (Å²) in [6.45, 7) is 4.26. The first-order chi connectivity index (χ1) is 10.0. The van der Waals surface area contributed by atoms with Gasteiger partial charge in [0.2, 0.25) is 0 Å². The number of hydrogen-bond donors (Lipinski definition) is 0. The fourth-order valence-electron chi connectivity index (χ4n) is 3.33. The Morgan fingerprint density at radius 1 is 1.43 bits per heavy atom. The number of fused-ring (bicyclic) bond motifs is 1. The molecule has 0 aliphatic carbocycles. The Morgan fingerprint density at radius 2 is 2.19 bits per heavy atom. The zero-order valence-corrected chi connectivity index (χ0v) is 13.6. The van der Waals surface area contributed by atoms with Crippen molar-refractivity contribution >= 4 is 34.2 Å². The van der Waals surface area contributed by atoms with E-state index in [1.807, 2.05) is 0 Å². The lowest BCUT2D eigenvalue weighted by Gasteiger charge is -2.36. The van der Waals surface area contributed by atoms with Crippen LogP contribution in [0, 0.1) is 11.7 Å². The monoisotopic (exact) mass is 329 g/mol. The minimum Gasteiger partial charge on any atom is -0.323 e. The van der Waals surface area contributed by atoms with Crippen LogP contribution >= 0.6 is 23.2 Å². The smallest absolute Gasteiger partial charge is 0.144 e. The average molecular weight is 330 g/mol. The van der Waals surface area contributed by atoms with E-state index in [9.17, 15) is 4.39 Å². The highest BCUT2D eigenvalue weighted by Crippen LogP contribution is 2.34. The van der Waals surface area contributed by atoms with Crippen LogP contribution in [0.3, 0.4) is 0 Å². The van der Waals surface area contributed by atoms with E-state index < -0.39 is 5.82 Å². The Balaban J connectivity index is 2.14. The number of rotatable bonds is 2. The summed E-state index contributed by atoms with van der Waals surface area (Å²) in [4.78, 5) is 6.85. The summed E-state index contributed by atoms with van der Waals surface area (Å²) in [6, 6.07) is 3.35. The Bertz CT molecular complexity index is 670. The Hall–Kier alpha value is -0.840. The molecule has 2 unspecified atom stereocenters. The van der Waals surface area contributed by atoms with Crippen molar-refractivity contribution in [1.29, 1.82) is 0 Å². The number of piperidine rings is 1. The van der Waals surface area contributed by atoms with Gasteiger partial charge < -0.3 is 9.47 Å². The Labute approximate surface area is 133 Å². The molecule has 114 valence electrons. The van der Waals surface area contributed by atoms with Crippen LogP contribution in [0.4, 0.5) is 4.39 Å². The molecule has 1 aromatic heterocycles. The summed E-state index contributed by atoms with van der Waals surface area (Å²) in [5.74, 6) is 1.15. The van der Waals surface area contributed by atoms with E-state index in [0.29, 0.717) is 23.4 Å². The van der Waals surface area contributed by atoms with Crippen molar-refractivity contribution in [1.82, 2.24) is 14.5 Å². The highest BCUT2D eigenvalue weighted by Gasteiger charge is 2.29. The third kappa shape index (κ3) is 2.65. The first-order valence-corrected chi connectivity index (χ1v) is 8.03. The van der Waals surface area contributed by atoms with E-state index in [0.717, 1.165) is 30.9 Å². The lowest BCUT2D eigenvalue weighted by Crippen LogP contribution is -2.38. The molecule has 1 saturated heterocycles. The van der Waals surface area contributed by atoms with Gasteiger partial charge in [-0.1, -0.05) is 18.5 Å². The fourth-order valence-corrected chi connectivity index (χ4v) is 3.68. The fraction of sp³-hybridized carbons (Fsp3) is 0.533.